The van der Waals surface area contributed by atoms with Crippen molar-refractivity contribution in [2.75, 3.05) is 0 Å². The summed E-state index contributed by atoms with van der Waals surface area (Å²) in [5.74, 6) is 0. The Morgan fingerprint density at radius 2 is 1.32 bits per heavy atom. The van der Waals surface area contributed by atoms with Gasteiger partial charge in [-0.2, -0.15) is 0 Å². The second-order valence-corrected chi connectivity index (χ2v) is 10.3. The van der Waals surface area contributed by atoms with Gasteiger partial charge >= 0.3 is 0 Å². The highest BCUT2D eigenvalue weighted by Crippen LogP contribution is 2.43. The summed E-state index contributed by atoms with van der Waals surface area (Å²) in [4.78, 5) is 14.8. The molecule has 0 atom stereocenters. The highest BCUT2D eigenvalue weighted by Gasteiger charge is 2.16. The lowest BCUT2D eigenvalue weighted by atomic mass is 9.97. The molecule has 0 aliphatic rings. The zero-order chi connectivity index (χ0) is 24.3. The Balaban J connectivity index is 1.39. The summed E-state index contributed by atoms with van der Waals surface area (Å²) >= 11 is 1.82. The van der Waals surface area contributed by atoms with Gasteiger partial charge in [0.05, 0.1) is 32.5 Å². The van der Waals surface area contributed by atoms with E-state index in [-0.39, 0.29) is 0 Å². The summed E-state index contributed by atoms with van der Waals surface area (Å²) in [6.45, 7) is 0. The zero-order valence-corrected chi connectivity index (χ0v) is 20.5. The number of rotatable bonds is 2. The van der Waals surface area contributed by atoms with Crippen LogP contribution in [0.25, 0.3) is 75.4 Å². The van der Waals surface area contributed by atoms with Crippen LogP contribution in [0.2, 0.25) is 0 Å². The van der Waals surface area contributed by atoms with E-state index in [0.29, 0.717) is 0 Å². The van der Waals surface area contributed by atoms with Crippen molar-refractivity contribution in [1.29, 1.82) is 0 Å². The molecule has 172 valence electrons. The average Bonchev–Trinajstić information content (AvgIpc) is 3.33. The normalized spacial score (nSPS) is 11.8. The van der Waals surface area contributed by atoms with Gasteiger partial charge in [0.15, 0.2) is 0 Å². The average molecular weight is 490 g/mol. The lowest BCUT2D eigenvalue weighted by molar-refractivity contribution is 1.37. The molecule has 0 saturated heterocycles. The lowest BCUT2D eigenvalue weighted by Gasteiger charge is -2.11. The number of fused-ring (bicyclic) bond motifs is 7. The molecule has 0 amide bonds. The molecule has 0 N–H and O–H groups in total. The molecule has 0 bridgehead atoms. The van der Waals surface area contributed by atoms with Gasteiger partial charge in [-0.25, -0.2) is 9.97 Å². The highest BCUT2D eigenvalue weighted by molar-refractivity contribution is 7.26. The quantitative estimate of drug-likeness (QED) is 0.227. The number of para-hydroxylation sites is 1. The van der Waals surface area contributed by atoms with Crippen LogP contribution < -0.4 is 0 Å². The van der Waals surface area contributed by atoms with Crippen molar-refractivity contribution in [3.05, 3.63) is 115 Å². The summed E-state index contributed by atoms with van der Waals surface area (Å²) < 4.78 is 2.48. The molecule has 4 heteroatoms. The van der Waals surface area contributed by atoms with E-state index in [0.717, 1.165) is 44.1 Å². The van der Waals surface area contributed by atoms with Crippen LogP contribution >= 0.6 is 11.3 Å². The molecule has 0 fully saturated rings. The van der Waals surface area contributed by atoms with Crippen molar-refractivity contribution < 1.29 is 0 Å². The standard InChI is InChI=1S/C33H19N3S/c1-3-12-27-24(10-1)29(33-32(36-27)25-11-2-4-13-28(25)37-33)23-8-5-7-22(19-23)26-17-16-21-15-14-20-9-6-18-34-30(20)31(21)35-26/h1-19H. The van der Waals surface area contributed by atoms with Gasteiger partial charge in [-0.1, -0.05) is 78.9 Å². The van der Waals surface area contributed by atoms with Crippen molar-refractivity contribution >= 4 is 64.3 Å². The minimum atomic E-state index is 0.933. The molecule has 4 aromatic carbocycles. The predicted molar refractivity (Wildman–Crippen MR) is 156 cm³/mol. The van der Waals surface area contributed by atoms with Crippen LogP contribution in [-0.2, 0) is 0 Å². The molecule has 0 aliphatic heterocycles. The van der Waals surface area contributed by atoms with E-state index in [2.05, 4.69) is 108 Å². The molecular formula is C33H19N3S. The number of hydrogen-bond donors (Lipinski definition) is 0. The third kappa shape index (κ3) is 3.16. The monoisotopic (exact) mass is 489 g/mol. The molecule has 3 nitrogen and oxygen atoms in total. The van der Waals surface area contributed by atoms with Gasteiger partial charge in [-0.05, 0) is 35.9 Å². The fourth-order valence-corrected chi connectivity index (χ4v) is 6.57. The van der Waals surface area contributed by atoms with Crippen LogP contribution in [0.1, 0.15) is 0 Å². The topological polar surface area (TPSA) is 38.7 Å². The minimum Gasteiger partial charge on any atom is -0.254 e. The van der Waals surface area contributed by atoms with E-state index < -0.39 is 0 Å². The van der Waals surface area contributed by atoms with Gasteiger partial charge in [-0.3, -0.25) is 4.98 Å². The van der Waals surface area contributed by atoms with Crippen molar-refractivity contribution in [2.24, 2.45) is 0 Å². The number of thiophene rings is 1. The maximum Gasteiger partial charge on any atom is 0.0972 e. The van der Waals surface area contributed by atoms with E-state index >= 15 is 0 Å². The number of benzene rings is 4. The largest absolute Gasteiger partial charge is 0.254 e. The predicted octanol–water partition coefficient (Wildman–Crippen LogP) is 9.03. The fraction of sp³-hybridized carbons (Fsp3) is 0. The Kier molecular flexibility index (Phi) is 4.39. The Hall–Kier alpha value is -4.67. The van der Waals surface area contributed by atoms with Crippen LogP contribution in [0.5, 0.6) is 0 Å². The van der Waals surface area contributed by atoms with Crippen molar-refractivity contribution in [2.45, 2.75) is 0 Å². The first kappa shape index (κ1) is 20.5. The first-order chi connectivity index (χ1) is 18.3. The Labute approximate surface area is 216 Å². The van der Waals surface area contributed by atoms with Crippen molar-refractivity contribution in [3.63, 3.8) is 0 Å². The zero-order valence-electron chi connectivity index (χ0n) is 19.7. The van der Waals surface area contributed by atoms with Gasteiger partial charge in [-0.15, -0.1) is 11.3 Å². The molecule has 8 aromatic rings. The Morgan fingerprint density at radius 1 is 0.541 bits per heavy atom. The van der Waals surface area contributed by atoms with Crippen LogP contribution in [0.4, 0.5) is 0 Å². The first-order valence-corrected chi connectivity index (χ1v) is 13.1. The van der Waals surface area contributed by atoms with Gasteiger partial charge in [0, 0.05) is 43.6 Å². The highest BCUT2D eigenvalue weighted by atomic mass is 32.1. The van der Waals surface area contributed by atoms with Crippen LogP contribution in [0.3, 0.4) is 0 Å². The number of nitrogens with zero attached hydrogens (tertiary/aromatic N) is 3. The molecule has 4 aromatic heterocycles. The maximum atomic E-state index is 5.10. The molecule has 4 heterocycles. The second-order valence-electron chi connectivity index (χ2n) is 9.27. The molecule has 0 unspecified atom stereocenters. The van der Waals surface area contributed by atoms with E-state index in [4.69, 9.17) is 9.97 Å². The van der Waals surface area contributed by atoms with Crippen LogP contribution in [-0.4, -0.2) is 15.0 Å². The Bertz CT molecular complexity index is 2160. The molecule has 37 heavy (non-hydrogen) atoms. The maximum absolute atomic E-state index is 5.10. The van der Waals surface area contributed by atoms with E-state index in [1.54, 1.807) is 0 Å². The van der Waals surface area contributed by atoms with Crippen molar-refractivity contribution in [3.8, 4) is 22.4 Å². The molecule has 0 saturated carbocycles. The number of aromatic nitrogens is 3. The third-order valence-electron chi connectivity index (χ3n) is 7.08. The molecular weight excluding hydrogens is 470 g/mol. The molecule has 8 rings (SSSR count). The second kappa shape index (κ2) is 7.92. The molecule has 0 spiro atoms. The van der Waals surface area contributed by atoms with Crippen molar-refractivity contribution in [1.82, 2.24) is 15.0 Å². The number of hydrogen-bond acceptors (Lipinski definition) is 4. The SMILES string of the molecule is c1cc(-c2ccc3ccc4cccnc4c3n2)cc(-c2c3ccccc3nc3c2sc2ccccc23)c1. The van der Waals surface area contributed by atoms with E-state index in [1.165, 1.54) is 31.3 Å². The molecule has 0 aliphatic carbocycles. The first-order valence-electron chi connectivity index (χ1n) is 12.3. The van der Waals surface area contributed by atoms with Gasteiger partial charge in [0.25, 0.3) is 0 Å². The van der Waals surface area contributed by atoms with Crippen LogP contribution in [0, 0.1) is 0 Å². The minimum absolute atomic E-state index is 0.933. The summed E-state index contributed by atoms with van der Waals surface area (Å²) in [7, 11) is 0. The van der Waals surface area contributed by atoms with Gasteiger partial charge in [0.1, 0.15) is 0 Å². The summed E-state index contributed by atoms with van der Waals surface area (Å²) in [5, 5.41) is 4.57. The molecule has 0 radical (unpaired) electrons. The Morgan fingerprint density at radius 3 is 2.27 bits per heavy atom. The number of pyridine rings is 3. The fourth-order valence-electron chi connectivity index (χ4n) is 5.34. The lowest BCUT2D eigenvalue weighted by Crippen LogP contribution is -1.90. The summed E-state index contributed by atoms with van der Waals surface area (Å²) in [5.41, 5.74) is 8.39. The van der Waals surface area contributed by atoms with E-state index in [1.807, 2.05) is 23.6 Å². The summed E-state index contributed by atoms with van der Waals surface area (Å²) in [6.07, 6.45) is 1.83. The van der Waals surface area contributed by atoms with Crippen LogP contribution in [0.15, 0.2) is 115 Å². The third-order valence-corrected chi connectivity index (χ3v) is 8.26. The smallest absolute Gasteiger partial charge is 0.0972 e. The van der Waals surface area contributed by atoms with Gasteiger partial charge < -0.3 is 0 Å². The van der Waals surface area contributed by atoms with E-state index in [9.17, 15) is 0 Å². The summed E-state index contributed by atoms with van der Waals surface area (Å²) in [6, 6.07) is 38.3. The van der Waals surface area contributed by atoms with Gasteiger partial charge in [0.2, 0.25) is 0 Å².